The molecule has 3 heterocycles. The van der Waals surface area contributed by atoms with Crippen LogP contribution >= 0.6 is 11.3 Å². The second kappa shape index (κ2) is 10.4. The minimum absolute atomic E-state index is 0.485. The van der Waals surface area contributed by atoms with E-state index >= 15 is 0 Å². The SMILES string of the molecule is CN1CCN(c2ccc(Nc3nc(Nc4cccc(NS(=O)(=O)C(C)(C)C)c4)c4ccsc4n3)cc2)CC1. The lowest BCUT2D eigenvalue weighted by molar-refractivity contribution is 0.313. The Labute approximate surface area is 228 Å². The summed E-state index contributed by atoms with van der Waals surface area (Å²) >= 11 is 1.54. The Morgan fingerprint density at radius 3 is 2.29 bits per heavy atom. The highest BCUT2D eigenvalue weighted by Gasteiger charge is 2.29. The van der Waals surface area contributed by atoms with Gasteiger partial charge in [0.15, 0.2) is 0 Å². The van der Waals surface area contributed by atoms with Crippen molar-refractivity contribution >= 4 is 66.1 Å². The lowest BCUT2D eigenvalue weighted by Crippen LogP contribution is -2.44. The van der Waals surface area contributed by atoms with E-state index in [1.54, 1.807) is 39.0 Å². The van der Waals surface area contributed by atoms with Gasteiger partial charge in [0.05, 0.1) is 15.8 Å². The van der Waals surface area contributed by atoms with E-state index in [1.807, 2.05) is 29.6 Å². The van der Waals surface area contributed by atoms with Gasteiger partial charge in [-0.2, -0.15) is 4.98 Å². The molecule has 5 rings (SSSR count). The third kappa shape index (κ3) is 5.85. The molecule has 0 atom stereocenters. The highest BCUT2D eigenvalue weighted by molar-refractivity contribution is 7.94. The Balaban J connectivity index is 1.35. The summed E-state index contributed by atoms with van der Waals surface area (Å²) in [5.74, 6) is 1.13. The van der Waals surface area contributed by atoms with Gasteiger partial charge in [0.1, 0.15) is 10.6 Å². The Hall–Kier alpha value is -3.41. The van der Waals surface area contributed by atoms with Crippen LogP contribution in [0.3, 0.4) is 0 Å². The fourth-order valence-electron chi connectivity index (χ4n) is 4.06. The van der Waals surface area contributed by atoms with Crippen LogP contribution in [0.1, 0.15) is 20.8 Å². The molecule has 11 heteroatoms. The van der Waals surface area contributed by atoms with Crippen molar-refractivity contribution in [2.75, 3.05) is 53.5 Å². The molecule has 1 saturated heterocycles. The van der Waals surface area contributed by atoms with Crippen molar-refractivity contribution in [2.24, 2.45) is 0 Å². The van der Waals surface area contributed by atoms with Crippen LogP contribution < -0.4 is 20.3 Å². The highest BCUT2D eigenvalue weighted by atomic mass is 32.2. The predicted octanol–water partition coefficient (Wildman–Crippen LogP) is 5.47. The maximum Gasteiger partial charge on any atom is 0.237 e. The van der Waals surface area contributed by atoms with Crippen molar-refractivity contribution in [3.05, 3.63) is 60.0 Å². The molecule has 200 valence electrons. The molecular weight excluding hydrogens is 518 g/mol. The lowest BCUT2D eigenvalue weighted by atomic mass is 10.2. The molecule has 0 aliphatic carbocycles. The predicted molar refractivity (Wildman–Crippen MR) is 159 cm³/mol. The van der Waals surface area contributed by atoms with Crippen LogP contribution in [0.5, 0.6) is 0 Å². The number of nitrogens with zero attached hydrogens (tertiary/aromatic N) is 4. The molecule has 2 aromatic carbocycles. The standard InChI is InChI=1S/C27H33N7O2S2/c1-27(2,3)38(35,36)32-21-7-5-6-20(18-21)28-24-23-12-17-37-25(23)31-26(30-24)29-19-8-10-22(11-9-19)34-15-13-33(4)14-16-34/h5-12,17-18,32H,13-16H2,1-4H3,(H2,28,29,30,31). The minimum atomic E-state index is -3.54. The summed E-state index contributed by atoms with van der Waals surface area (Å²) < 4.78 is 27.0. The Kier molecular flexibility index (Phi) is 7.17. The number of anilines is 6. The number of hydrogen-bond acceptors (Lipinski definition) is 9. The van der Waals surface area contributed by atoms with Gasteiger partial charge in [-0.25, -0.2) is 13.4 Å². The molecule has 0 unspecified atom stereocenters. The Morgan fingerprint density at radius 2 is 1.58 bits per heavy atom. The third-order valence-corrected chi connectivity index (χ3v) is 9.42. The molecule has 4 aromatic rings. The van der Waals surface area contributed by atoms with Gasteiger partial charge >= 0.3 is 0 Å². The summed E-state index contributed by atoms with van der Waals surface area (Å²) in [5.41, 5.74) is 3.32. The Morgan fingerprint density at radius 1 is 0.868 bits per heavy atom. The lowest BCUT2D eigenvalue weighted by Gasteiger charge is -2.34. The van der Waals surface area contributed by atoms with Crippen molar-refractivity contribution in [1.29, 1.82) is 0 Å². The number of likely N-dealkylation sites (N-methyl/N-ethyl adjacent to an activating group) is 1. The van der Waals surface area contributed by atoms with E-state index in [2.05, 4.69) is 44.3 Å². The summed E-state index contributed by atoms with van der Waals surface area (Å²) in [4.78, 5) is 15.0. The second-order valence-corrected chi connectivity index (χ2v) is 13.8. The van der Waals surface area contributed by atoms with Gasteiger partial charge < -0.3 is 20.4 Å². The first kappa shape index (κ1) is 26.2. The zero-order valence-corrected chi connectivity index (χ0v) is 23.7. The molecule has 1 aliphatic heterocycles. The van der Waals surface area contributed by atoms with Gasteiger partial charge in [0.2, 0.25) is 16.0 Å². The summed E-state index contributed by atoms with van der Waals surface area (Å²) in [5, 5.41) is 9.56. The number of piperazine rings is 1. The first-order valence-electron chi connectivity index (χ1n) is 12.5. The maximum absolute atomic E-state index is 12.6. The zero-order valence-electron chi connectivity index (χ0n) is 22.0. The largest absolute Gasteiger partial charge is 0.369 e. The fraction of sp³-hybridized carbons (Fsp3) is 0.333. The number of rotatable bonds is 7. The molecule has 0 bridgehead atoms. The Bertz CT molecular complexity index is 1520. The number of hydrogen-bond donors (Lipinski definition) is 3. The van der Waals surface area contributed by atoms with Crippen LogP contribution in [0.4, 0.5) is 34.5 Å². The smallest absolute Gasteiger partial charge is 0.237 e. The van der Waals surface area contributed by atoms with Gasteiger partial charge in [0, 0.05) is 43.2 Å². The van der Waals surface area contributed by atoms with E-state index in [0.29, 0.717) is 23.1 Å². The molecule has 9 nitrogen and oxygen atoms in total. The number of sulfonamides is 1. The molecule has 1 aliphatic rings. The van der Waals surface area contributed by atoms with Gasteiger partial charge in [-0.1, -0.05) is 6.07 Å². The topological polar surface area (TPSA) is 102 Å². The number of nitrogens with one attached hydrogen (secondary N) is 3. The van der Waals surface area contributed by atoms with E-state index in [9.17, 15) is 8.42 Å². The molecule has 0 radical (unpaired) electrons. The van der Waals surface area contributed by atoms with Crippen molar-refractivity contribution in [3.8, 4) is 0 Å². The van der Waals surface area contributed by atoms with Crippen LogP contribution in [0.2, 0.25) is 0 Å². The fourth-order valence-corrected chi connectivity index (χ4v) is 5.57. The number of benzene rings is 2. The summed E-state index contributed by atoms with van der Waals surface area (Å²) in [6.45, 7) is 9.18. The van der Waals surface area contributed by atoms with E-state index in [4.69, 9.17) is 9.97 Å². The van der Waals surface area contributed by atoms with Gasteiger partial charge in [-0.15, -0.1) is 11.3 Å². The van der Waals surface area contributed by atoms with Gasteiger partial charge in [-0.05, 0) is 81.7 Å². The quantitative estimate of drug-likeness (QED) is 0.278. The van der Waals surface area contributed by atoms with Crippen LogP contribution in [-0.2, 0) is 10.0 Å². The van der Waals surface area contributed by atoms with Crippen molar-refractivity contribution in [3.63, 3.8) is 0 Å². The summed E-state index contributed by atoms with van der Waals surface area (Å²) in [7, 11) is -1.38. The molecule has 38 heavy (non-hydrogen) atoms. The molecule has 0 spiro atoms. The number of fused-ring (bicyclic) bond motifs is 1. The average Bonchev–Trinajstić information content (AvgIpc) is 3.33. The third-order valence-electron chi connectivity index (χ3n) is 6.50. The molecular formula is C27H33N7O2S2. The van der Waals surface area contributed by atoms with Gasteiger partial charge in [-0.3, -0.25) is 4.72 Å². The first-order valence-corrected chi connectivity index (χ1v) is 14.9. The normalized spacial score (nSPS) is 15.0. The van der Waals surface area contributed by atoms with E-state index in [-0.39, 0.29) is 0 Å². The zero-order chi connectivity index (χ0) is 26.9. The van der Waals surface area contributed by atoms with Crippen molar-refractivity contribution in [1.82, 2.24) is 14.9 Å². The average molecular weight is 552 g/mol. The van der Waals surface area contributed by atoms with Crippen molar-refractivity contribution < 1.29 is 8.42 Å². The van der Waals surface area contributed by atoms with E-state index in [1.165, 1.54) is 17.0 Å². The molecule has 3 N–H and O–H groups in total. The molecule has 0 saturated carbocycles. The summed E-state index contributed by atoms with van der Waals surface area (Å²) in [6, 6.07) is 17.5. The minimum Gasteiger partial charge on any atom is -0.369 e. The van der Waals surface area contributed by atoms with E-state index in [0.717, 1.165) is 42.1 Å². The highest BCUT2D eigenvalue weighted by Crippen LogP contribution is 2.31. The van der Waals surface area contributed by atoms with E-state index < -0.39 is 14.8 Å². The number of aromatic nitrogens is 2. The molecule has 2 aromatic heterocycles. The summed E-state index contributed by atoms with van der Waals surface area (Å²) in [6.07, 6.45) is 0. The first-order chi connectivity index (χ1) is 18.1. The van der Waals surface area contributed by atoms with Crippen LogP contribution in [0, 0.1) is 0 Å². The van der Waals surface area contributed by atoms with Crippen LogP contribution in [-0.4, -0.2) is 61.3 Å². The number of thiophene rings is 1. The monoisotopic (exact) mass is 551 g/mol. The van der Waals surface area contributed by atoms with Crippen LogP contribution in [0.25, 0.3) is 10.2 Å². The van der Waals surface area contributed by atoms with Crippen molar-refractivity contribution in [2.45, 2.75) is 25.5 Å². The van der Waals surface area contributed by atoms with Gasteiger partial charge in [0.25, 0.3) is 0 Å². The van der Waals surface area contributed by atoms with Crippen LogP contribution in [0.15, 0.2) is 60.0 Å². The maximum atomic E-state index is 12.6. The molecule has 1 fully saturated rings. The second-order valence-electron chi connectivity index (χ2n) is 10.4. The molecule has 0 amide bonds.